The molecule has 0 aromatic carbocycles. The number of aliphatic hydroxyl groups excluding tert-OH is 1. The summed E-state index contributed by atoms with van der Waals surface area (Å²) >= 11 is 0. The van der Waals surface area contributed by atoms with E-state index in [1.165, 1.54) is 18.0 Å². The van der Waals surface area contributed by atoms with Crippen molar-refractivity contribution in [2.45, 2.75) is 104 Å². The van der Waals surface area contributed by atoms with Crippen LogP contribution in [0.4, 0.5) is 0 Å². The molecule has 0 aliphatic carbocycles. The summed E-state index contributed by atoms with van der Waals surface area (Å²) in [4.78, 5) is 40.7. The maximum atomic E-state index is 13.5. The Morgan fingerprint density at radius 1 is 1.22 bits per heavy atom. The monoisotopic (exact) mass is 531 g/mol. The van der Waals surface area contributed by atoms with Gasteiger partial charge in [0.15, 0.2) is 14.1 Å². The number of aliphatic hydroxyl groups is 1. The molecule has 0 aromatic rings. The number of ketones is 1. The second kappa shape index (κ2) is 12.7. The zero-order valence-electron chi connectivity index (χ0n) is 24.0. The Kier molecular flexibility index (Phi) is 11.7. The van der Waals surface area contributed by atoms with E-state index in [1.54, 1.807) is 13.0 Å². The summed E-state index contributed by atoms with van der Waals surface area (Å²) < 4.78 is 12.9. The number of amides is 2. The van der Waals surface area contributed by atoms with Crippen LogP contribution in [0.25, 0.3) is 0 Å². The van der Waals surface area contributed by atoms with Gasteiger partial charge in [-0.15, -0.1) is 0 Å². The molecule has 2 aliphatic rings. The van der Waals surface area contributed by atoms with Crippen molar-refractivity contribution in [2.75, 3.05) is 7.05 Å². The predicted molar refractivity (Wildman–Crippen MR) is 144 cm³/mol. The van der Waals surface area contributed by atoms with Gasteiger partial charge in [-0.05, 0) is 49.9 Å². The summed E-state index contributed by atoms with van der Waals surface area (Å²) in [5.74, 6) is -2.59. The van der Waals surface area contributed by atoms with E-state index in [4.69, 9.17) is 9.16 Å². The number of Topliss-reactive ketones (excluding diaryl/α,β-unsaturated/α-hetero) is 1. The predicted octanol–water partition coefficient (Wildman–Crippen LogP) is 3.71. The summed E-state index contributed by atoms with van der Waals surface area (Å²) in [6.07, 6.45) is 3.11. The molecule has 1 radical (unpaired) electrons. The molecule has 0 saturated carbocycles. The second-order valence-electron chi connectivity index (χ2n) is 11.6. The summed E-state index contributed by atoms with van der Waals surface area (Å²) in [6, 6.07) is -1.05. The normalized spacial score (nSPS) is 27.9. The first-order valence-electron chi connectivity index (χ1n) is 12.6. The van der Waals surface area contributed by atoms with Crippen molar-refractivity contribution in [3.63, 3.8) is 0 Å². The molecule has 0 bridgehead atoms. The number of hydrogen-bond acceptors (Lipinski definition) is 6. The van der Waals surface area contributed by atoms with E-state index in [9.17, 15) is 19.5 Å². The molecule has 2 aliphatic heterocycles. The number of allylic oxidation sites excluding steroid dienone is 2. The molecule has 10 heteroatoms. The number of carbonyl (C=O) groups excluding carboxylic acids is 3. The molecule has 199 valence electrons. The third kappa shape index (κ3) is 7.11. The first-order valence-corrected chi connectivity index (χ1v) is 15.5. The van der Waals surface area contributed by atoms with Gasteiger partial charge >= 0.3 is 0 Å². The van der Waals surface area contributed by atoms with E-state index in [0.29, 0.717) is 12.8 Å². The average molecular weight is 532 g/mol. The van der Waals surface area contributed by atoms with E-state index in [0.717, 1.165) is 0 Å². The first-order chi connectivity index (χ1) is 16.0. The molecule has 5 atom stereocenters. The van der Waals surface area contributed by atoms with Crippen LogP contribution in [0.5, 0.6) is 0 Å². The summed E-state index contributed by atoms with van der Waals surface area (Å²) in [7, 11) is -0.531. The van der Waals surface area contributed by atoms with E-state index in [2.05, 4.69) is 39.2 Å². The van der Waals surface area contributed by atoms with E-state index < -0.39 is 38.2 Å². The zero-order valence-corrected chi connectivity index (χ0v) is 27.0. The minimum absolute atomic E-state index is 0. The Morgan fingerprint density at radius 3 is 2.28 bits per heavy atom. The van der Waals surface area contributed by atoms with Crippen molar-refractivity contribution in [1.29, 1.82) is 0 Å². The van der Waals surface area contributed by atoms with Crippen LogP contribution in [0.2, 0.25) is 18.1 Å². The van der Waals surface area contributed by atoms with Gasteiger partial charge in [0.1, 0.15) is 23.6 Å². The Morgan fingerprint density at radius 2 is 1.81 bits per heavy atom. The Balaban J connectivity index is 0.00000648. The Bertz CT molecular complexity index is 895. The quantitative estimate of drug-likeness (QED) is 0.225. The van der Waals surface area contributed by atoms with Gasteiger partial charge < -0.3 is 24.5 Å². The molecular formula is C26H44N2NaO6Si. The van der Waals surface area contributed by atoms with Crippen molar-refractivity contribution in [3.05, 3.63) is 23.5 Å². The second-order valence-corrected chi connectivity index (χ2v) is 16.3. The first kappa shape index (κ1) is 33.1. The maximum Gasteiger partial charge on any atom is 0.264 e. The Labute approximate surface area is 239 Å². The third-order valence-electron chi connectivity index (χ3n) is 7.45. The number of nitrogens with zero attached hydrogens (tertiary/aromatic N) is 1. The van der Waals surface area contributed by atoms with Crippen molar-refractivity contribution in [1.82, 2.24) is 10.2 Å². The molecule has 2 N–H and O–H groups in total. The summed E-state index contributed by atoms with van der Waals surface area (Å²) in [5.41, 5.74) is -0.293. The average Bonchev–Trinajstić information content (AvgIpc) is 3.01. The van der Waals surface area contributed by atoms with Crippen LogP contribution < -0.4 is 5.32 Å². The van der Waals surface area contributed by atoms with Gasteiger partial charge in [0.05, 0.1) is 18.1 Å². The van der Waals surface area contributed by atoms with E-state index in [-0.39, 0.29) is 70.0 Å². The third-order valence-corrected chi connectivity index (χ3v) is 12.0. The molecule has 2 amide bonds. The standard InChI is InChI=1S/C26H44N2O6Si.Na/c1-15(2)11-12-18(29)21-23(30)22(16(3)24(31)27-8)28(25(21)32)20-14-13-19(17(4)33-20)34-35(9,10)26(5,6)7;/h11-12,15-17,19-20,22,29H,13-14H2,1-10H3,(H,27,31);/b12-11+,21-18-;/t16-,17?,19?,20?,22?;/m0./s1. The molecule has 0 spiro atoms. The molecule has 0 aromatic heterocycles. The number of ether oxygens (including phenoxy) is 1. The van der Waals surface area contributed by atoms with Gasteiger partial charge in [-0.25, -0.2) is 0 Å². The van der Waals surface area contributed by atoms with Gasteiger partial charge in [0, 0.05) is 36.6 Å². The number of carbonyl (C=O) groups is 3. The van der Waals surface area contributed by atoms with Crippen LogP contribution in [0.15, 0.2) is 23.5 Å². The molecular weight excluding hydrogens is 487 g/mol. The molecule has 2 rings (SSSR count). The SMILES string of the molecule is CNC(=O)[C@@H](C)C1C(=O)/C(=C(O)\C=C\C(C)C)C(=O)N1C1CCC(O[Si](C)(C)C(C)(C)C)C(C)O1.[Na]. The Hall–Kier alpha value is -0.973. The maximum absolute atomic E-state index is 13.5. The number of nitrogens with one attached hydrogen (secondary N) is 1. The van der Waals surface area contributed by atoms with Crippen molar-refractivity contribution < 1.29 is 28.7 Å². The van der Waals surface area contributed by atoms with E-state index in [1.807, 2.05) is 20.8 Å². The molecule has 8 nitrogen and oxygen atoms in total. The number of likely N-dealkylation sites (tertiary alicyclic amines) is 1. The molecule has 2 heterocycles. The van der Waals surface area contributed by atoms with Gasteiger partial charge in [-0.1, -0.05) is 47.6 Å². The van der Waals surface area contributed by atoms with Gasteiger partial charge in [0.2, 0.25) is 5.91 Å². The summed E-state index contributed by atoms with van der Waals surface area (Å²) in [6.45, 7) is 18.3. The van der Waals surface area contributed by atoms with Crippen molar-refractivity contribution in [3.8, 4) is 0 Å². The number of hydrogen-bond donors (Lipinski definition) is 2. The zero-order chi connectivity index (χ0) is 26.9. The largest absolute Gasteiger partial charge is 0.507 e. The molecule has 36 heavy (non-hydrogen) atoms. The van der Waals surface area contributed by atoms with Crippen LogP contribution in [-0.2, 0) is 23.5 Å². The van der Waals surface area contributed by atoms with Crippen LogP contribution in [0.3, 0.4) is 0 Å². The van der Waals surface area contributed by atoms with E-state index >= 15 is 0 Å². The molecule has 4 unspecified atom stereocenters. The van der Waals surface area contributed by atoms with Gasteiger partial charge in [-0.3, -0.25) is 14.4 Å². The van der Waals surface area contributed by atoms with Crippen LogP contribution >= 0.6 is 0 Å². The molecule has 2 saturated heterocycles. The fourth-order valence-electron chi connectivity index (χ4n) is 4.25. The minimum Gasteiger partial charge on any atom is -0.507 e. The smallest absolute Gasteiger partial charge is 0.264 e. The van der Waals surface area contributed by atoms with Crippen LogP contribution in [0, 0.1) is 11.8 Å². The van der Waals surface area contributed by atoms with Crippen LogP contribution in [-0.4, -0.2) is 97.0 Å². The van der Waals surface area contributed by atoms with Gasteiger partial charge in [-0.2, -0.15) is 0 Å². The fraction of sp³-hybridized carbons (Fsp3) is 0.731. The molecule has 2 fully saturated rings. The van der Waals surface area contributed by atoms with Crippen molar-refractivity contribution in [2.24, 2.45) is 11.8 Å². The van der Waals surface area contributed by atoms with Crippen molar-refractivity contribution >= 4 is 55.5 Å². The topological polar surface area (TPSA) is 105 Å². The minimum atomic E-state index is -2.02. The summed E-state index contributed by atoms with van der Waals surface area (Å²) in [5, 5.41) is 13.2. The number of rotatable bonds is 7. The van der Waals surface area contributed by atoms with Crippen LogP contribution in [0.1, 0.15) is 61.3 Å². The fourth-order valence-corrected chi connectivity index (χ4v) is 5.67. The van der Waals surface area contributed by atoms with Gasteiger partial charge in [0.25, 0.3) is 5.91 Å².